The summed E-state index contributed by atoms with van der Waals surface area (Å²) < 4.78 is 1.74. The maximum absolute atomic E-state index is 13.3. The van der Waals surface area contributed by atoms with E-state index in [1.807, 2.05) is 42.5 Å². The van der Waals surface area contributed by atoms with E-state index in [0.717, 1.165) is 10.9 Å². The normalized spacial score (nSPS) is 10.8. The second-order valence-electron chi connectivity index (χ2n) is 8.00. The van der Waals surface area contributed by atoms with Crippen LogP contribution in [0.1, 0.15) is 16.1 Å². The number of hydrogen-bond donors (Lipinski definition) is 4. The number of amides is 3. The van der Waals surface area contributed by atoms with Gasteiger partial charge in [-0.3, -0.25) is 4.79 Å². The molecule has 3 amide bonds. The molecule has 2 heterocycles. The van der Waals surface area contributed by atoms with E-state index in [0.29, 0.717) is 45.5 Å². The van der Waals surface area contributed by atoms with E-state index in [1.165, 1.54) is 0 Å². The first kappa shape index (κ1) is 23.1. The van der Waals surface area contributed by atoms with Crippen LogP contribution in [0.25, 0.3) is 22.3 Å². The predicted octanol–water partition coefficient (Wildman–Crippen LogP) is 4.59. The number of benzene rings is 3. The van der Waals surface area contributed by atoms with Gasteiger partial charge in [0, 0.05) is 29.6 Å². The molecule has 0 radical (unpaired) electrons. The lowest BCUT2D eigenvalue weighted by Crippen LogP contribution is -2.28. The summed E-state index contributed by atoms with van der Waals surface area (Å²) in [6.07, 6.45) is 0. The maximum atomic E-state index is 13.3. The summed E-state index contributed by atoms with van der Waals surface area (Å²) in [5.41, 5.74) is 3.70. The molecule has 0 bridgehead atoms. The minimum absolute atomic E-state index is 0.304. The number of nitrogens with zero attached hydrogens (tertiary/aromatic N) is 4. The van der Waals surface area contributed by atoms with Crippen LogP contribution in [-0.2, 0) is 13.6 Å². The van der Waals surface area contributed by atoms with Gasteiger partial charge in [0.05, 0.1) is 16.9 Å². The fraction of sp³-hybridized carbons (Fsp3) is 0.0800. The monoisotopic (exact) mass is 500 g/mol. The second kappa shape index (κ2) is 9.88. The molecule has 0 fully saturated rings. The number of H-pyrrole nitrogens is 1. The van der Waals surface area contributed by atoms with Crippen molar-refractivity contribution >= 4 is 45.8 Å². The van der Waals surface area contributed by atoms with Crippen molar-refractivity contribution in [3.05, 3.63) is 89.1 Å². The van der Waals surface area contributed by atoms with Crippen LogP contribution in [0.2, 0.25) is 5.02 Å². The van der Waals surface area contributed by atoms with Crippen molar-refractivity contribution in [2.45, 2.75) is 6.54 Å². The smallest absolute Gasteiger partial charge is 0.319 e. The molecule has 5 aromatic rings. The number of para-hydroxylation sites is 1. The molecule has 11 heteroatoms. The van der Waals surface area contributed by atoms with Crippen molar-refractivity contribution in [2.75, 3.05) is 10.6 Å². The zero-order valence-electron chi connectivity index (χ0n) is 19.1. The van der Waals surface area contributed by atoms with E-state index in [2.05, 4.69) is 36.6 Å². The first-order chi connectivity index (χ1) is 17.5. The van der Waals surface area contributed by atoms with E-state index < -0.39 is 0 Å². The zero-order chi connectivity index (χ0) is 25.1. The average Bonchev–Trinajstić information content (AvgIpc) is 3.53. The molecule has 3 aromatic carbocycles. The number of anilines is 2. The fourth-order valence-electron chi connectivity index (χ4n) is 3.95. The highest BCUT2D eigenvalue weighted by atomic mass is 35.5. The molecule has 10 nitrogen and oxygen atoms in total. The van der Waals surface area contributed by atoms with Gasteiger partial charge in [-0.25, -0.2) is 4.79 Å². The van der Waals surface area contributed by atoms with E-state index >= 15 is 0 Å². The predicted molar refractivity (Wildman–Crippen MR) is 138 cm³/mol. The Morgan fingerprint density at radius 2 is 1.81 bits per heavy atom. The Morgan fingerprint density at radius 3 is 2.58 bits per heavy atom. The Hall–Kier alpha value is -4.70. The molecular formula is C25H21ClN8O2. The molecule has 2 aromatic heterocycles. The maximum Gasteiger partial charge on any atom is 0.319 e. The van der Waals surface area contributed by atoms with Crippen molar-refractivity contribution in [3.63, 3.8) is 0 Å². The van der Waals surface area contributed by atoms with Crippen LogP contribution in [0.4, 0.5) is 16.2 Å². The first-order valence-electron chi connectivity index (χ1n) is 11.0. The van der Waals surface area contributed by atoms with E-state index in [9.17, 15) is 9.59 Å². The van der Waals surface area contributed by atoms with Gasteiger partial charge < -0.3 is 20.5 Å². The van der Waals surface area contributed by atoms with Gasteiger partial charge in [0.1, 0.15) is 5.69 Å². The third kappa shape index (κ3) is 4.75. The summed E-state index contributed by atoms with van der Waals surface area (Å²) in [5.74, 6) is -0.0434. The highest BCUT2D eigenvalue weighted by molar-refractivity contribution is 6.31. The molecular weight excluding hydrogens is 480 g/mol. The molecule has 36 heavy (non-hydrogen) atoms. The lowest BCUT2D eigenvalue weighted by atomic mass is 10.1. The molecule has 0 saturated heterocycles. The largest absolute Gasteiger partial charge is 0.338 e. The van der Waals surface area contributed by atoms with Gasteiger partial charge in [-0.1, -0.05) is 54.1 Å². The molecule has 0 aliphatic rings. The van der Waals surface area contributed by atoms with Gasteiger partial charge in [0.15, 0.2) is 0 Å². The van der Waals surface area contributed by atoms with Crippen molar-refractivity contribution < 1.29 is 9.59 Å². The number of nitrogens with one attached hydrogen (secondary N) is 4. The van der Waals surface area contributed by atoms with E-state index in [1.54, 1.807) is 41.9 Å². The number of aryl methyl sites for hydroxylation is 1. The van der Waals surface area contributed by atoms with Crippen LogP contribution >= 0.6 is 11.6 Å². The van der Waals surface area contributed by atoms with Gasteiger partial charge in [-0.2, -0.15) is 5.21 Å². The molecule has 180 valence electrons. The number of hydrogen-bond acceptors (Lipinski definition) is 5. The Labute approximate surface area is 210 Å². The third-order valence-electron chi connectivity index (χ3n) is 5.65. The number of carbonyl (C=O) groups is 2. The van der Waals surface area contributed by atoms with E-state index in [-0.39, 0.29) is 11.9 Å². The van der Waals surface area contributed by atoms with Gasteiger partial charge in [-0.15, -0.1) is 10.2 Å². The lowest BCUT2D eigenvalue weighted by Gasteiger charge is -2.12. The first-order valence-corrected chi connectivity index (χ1v) is 11.4. The van der Waals surface area contributed by atoms with Gasteiger partial charge in [0.2, 0.25) is 5.82 Å². The Kier molecular flexibility index (Phi) is 6.33. The van der Waals surface area contributed by atoms with Crippen molar-refractivity contribution in [3.8, 4) is 11.4 Å². The van der Waals surface area contributed by atoms with Gasteiger partial charge in [0.25, 0.3) is 5.91 Å². The molecule has 0 spiro atoms. The fourth-order valence-corrected chi connectivity index (χ4v) is 4.13. The van der Waals surface area contributed by atoms with E-state index in [4.69, 9.17) is 11.6 Å². The zero-order valence-corrected chi connectivity index (χ0v) is 19.9. The quantitative estimate of drug-likeness (QED) is 0.271. The Morgan fingerprint density at radius 1 is 0.972 bits per heavy atom. The highest BCUT2D eigenvalue weighted by Crippen LogP contribution is 2.30. The van der Waals surface area contributed by atoms with Crippen LogP contribution in [0, 0.1) is 0 Å². The number of fused-ring (bicyclic) bond motifs is 1. The third-order valence-corrected chi connectivity index (χ3v) is 5.88. The molecule has 0 saturated carbocycles. The summed E-state index contributed by atoms with van der Waals surface area (Å²) in [5, 5.41) is 23.9. The molecule has 0 unspecified atom stereocenters. The molecule has 5 rings (SSSR count). The van der Waals surface area contributed by atoms with Crippen molar-refractivity contribution in [1.82, 2.24) is 30.5 Å². The number of carbonyl (C=O) groups excluding carboxylic acids is 2. The van der Waals surface area contributed by atoms with Crippen LogP contribution in [0.3, 0.4) is 0 Å². The summed E-state index contributed by atoms with van der Waals surface area (Å²) in [7, 11) is 1.77. The number of tetrazole rings is 1. The minimum atomic E-state index is -0.347. The van der Waals surface area contributed by atoms with Crippen LogP contribution in [-0.4, -0.2) is 37.1 Å². The molecule has 0 aliphatic heterocycles. The highest BCUT2D eigenvalue weighted by Gasteiger charge is 2.19. The molecule has 4 N–H and O–H groups in total. The van der Waals surface area contributed by atoms with Crippen molar-refractivity contribution in [2.24, 2.45) is 7.05 Å². The summed E-state index contributed by atoms with van der Waals surface area (Å²) in [6, 6.07) is 21.6. The lowest BCUT2D eigenvalue weighted by molar-refractivity contribution is 0.102. The van der Waals surface area contributed by atoms with Crippen molar-refractivity contribution in [1.29, 1.82) is 0 Å². The summed E-state index contributed by atoms with van der Waals surface area (Å²) in [6.45, 7) is 0.396. The Balaban J connectivity index is 1.38. The number of aromatic nitrogens is 5. The minimum Gasteiger partial charge on any atom is -0.338 e. The molecule has 0 atom stereocenters. The van der Waals surface area contributed by atoms with Gasteiger partial charge >= 0.3 is 6.03 Å². The van der Waals surface area contributed by atoms with Crippen LogP contribution in [0.15, 0.2) is 72.8 Å². The Bertz CT molecular complexity index is 1550. The summed E-state index contributed by atoms with van der Waals surface area (Å²) >= 11 is 6.14. The summed E-state index contributed by atoms with van der Waals surface area (Å²) in [4.78, 5) is 25.8. The van der Waals surface area contributed by atoms with Crippen LogP contribution < -0.4 is 16.0 Å². The topological polar surface area (TPSA) is 130 Å². The number of aromatic amines is 1. The standard InChI is InChI=1S/C25H21ClN8O2/c1-34-21(24(35)28-19-11-10-17(26)13-18(19)23-30-32-33-31-23)12-16-8-5-9-20(22(16)34)29-25(36)27-14-15-6-3-2-4-7-15/h2-13H,14H2,1H3,(H,28,35)(H2,27,29,36)(H,30,31,32,33). The number of urea groups is 1. The SMILES string of the molecule is Cn1c(C(=O)Nc2ccc(Cl)cc2-c2nn[nH]n2)cc2cccc(NC(=O)NCc3ccccc3)c21. The average molecular weight is 501 g/mol. The second-order valence-corrected chi connectivity index (χ2v) is 8.44. The van der Waals surface area contributed by atoms with Crippen LogP contribution in [0.5, 0.6) is 0 Å². The van der Waals surface area contributed by atoms with Gasteiger partial charge in [-0.05, 0) is 41.1 Å². The number of halogens is 1. The molecule has 0 aliphatic carbocycles. The number of rotatable bonds is 6.